The fourth-order valence-electron chi connectivity index (χ4n) is 4.73. The van der Waals surface area contributed by atoms with Gasteiger partial charge in [-0.3, -0.25) is 14.6 Å². The second kappa shape index (κ2) is 10.5. The van der Waals surface area contributed by atoms with Gasteiger partial charge in [0, 0.05) is 36.1 Å². The molecule has 8 nitrogen and oxygen atoms in total. The van der Waals surface area contributed by atoms with Crippen LogP contribution in [-0.2, 0) is 9.59 Å². The lowest BCUT2D eigenvalue weighted by molar-refractivity contribution is -0.119. The lowest BCUT2D eigenvalue weighted by Gasteiger charge is -2.28. The standard InChI is InChI=1S/C29H30ClN5O3/c1-33(2)17-26(36)35(4)21-9-7-20(8-10-21)31-28(18-5-12-24-25(15-18)38-14-13-34(24)3)27-22-11-6-19(30)16-23(22)32-29(27)37/h5-12,15-16,27H,13-14,17H2,1-4H3,(H,32,37). The summed E-state index contributed by atoms with van der Waals surface area (Å²) >= 11 is 6.20. The highest BCUT2D eigenvalue weighted by atomic mass is 35.5. The highest BCUT2D eigenvalue weighted by Crippen LogP contribution is 2.40. The van der Waals surface area contributed by atoms with E-state index in [-0.39, 0.29) is 11.8 Å². The average molecular weight is 532 g/mol. The first-order chi connectivity index (χ1) is 18.2. The lowest BCUT2D eigenvalue weighted by atomic mass is 9.90. The van der Waals surface area contributed by atoms with E-state index in [4.69, 9.17) is 21.3 Å². The smallest absolute Gasteiger partial charge is 0.240 e. The van der Waals surface area contributed by atoms with Gasteiger partial charge in [0.05, 0.1) is 30.2 Å². The Kier molecular flexibility index (Phi) is 7.10. The number of fused-ring (bicyclic) bond motifs is 2. The van der Waals surface area contributed by atoms with E-state index in [2.05, 4.69) is 10.2 Å². The number of likely N-dealkylation sites (N-methyl/N-ethyl adjacent to an activating group) is 3. The Morgan fingerprint density at radius 3 is 2.61 bits per heavy atom. The summed E-state index contributed by atoms with van der Waals surface area (Å²) in [5.74, 6) is -0.0352. The molecule has 9 heteroatoms. The van der Waals surface area contributed by atoms with Gasteiger partial charge in [0.1, 0.15) is 18.3 Å². The van der Waals surface area contributed by atoms with Gasteiger partial charge in [-0.25, -0.2) is 0 Å². The number of hydrogen-bond donors (Lipinski definition) is 1. The molecule has 0 saturated heterocycles. The first-order valence-electron chi connectivity index (χ1n) is 12.4. The number of halogens is 1. The Bertz CT molecular complexity index is 1420. The number of benzene rings is 3. The van der Waals surface area contributed by atoms with E-state index >= 15 is 0 Å². The van der Waals surface area contributed by atoms with Crippen LogP contribution in [0.25, 0.3) is 0 Å². The fourth-order valence-corrected chi connectivity index (χ4v) is 4.90. The fraction of sp³-hybridized carbons (Fsp3) is 0.276. The van der Waals surface area contributed by atoms with Crippen LogP contribution in [0.15, 0.2) is 65.7 Å². The van der Waals surface area contributed by atoms with Crippen molar-refractivity contribution in [2.45, 2.75) is 5.92 Å². The molecule has 196 valence electrons. The molecule has 2 aliphatic heterocycles. The summed E-state index contributed by atoms with van der Waals surface area (Å²) in [6.45, 7) is 1.72. The summed E-state index contributed by atoms with van der Waals surface area (Å²) in [5.41, 5.74) is 5.34. The summed E-state index contributed by atoms with van der Waals surface area (Å²) in [7, 11) is 7.51. The second-order valence-corrected chi connectivity index (χ2v) is 10.2. The van der Waals surface area contributed by atoms with E-state index in [1.165, 1.54) is 0 Å². The molecule has 0 aliphatic carbocycles. The van der Waals surface area contributed by atoms with Crippen molar-refractivity contribution in [3.63, 3.8) is 0 Å². The molecule has 0 spiro atoms. The number of aliphatic imine (C=N–C) groups is 1. The summed E-state index contributed by atoms with van der Waals surface area (Å²) in [6, 6.07) is 18.8. The molecule has 2 aliphatic rings. The number of rotatable bonds is 6. The van der Waals surface area contributed by atoms with Crippen LogP contribution in [0.3, 0.4) is 0 Å². The molecular formula is C29H30ClN5O3. The number of carbonyl (C=O) groups excluding carboxylic acids is 2. The molecule has 0 saturated carbocycles. The van der Waals surface area contributed by atoms with E-state index in [1.54, 1.807) is 24.1 Å². The molecule has 0 aromatic heterocycles. The van der Waals surface area contributed by atoms with Crippen LogP contribution in [0.5, 0.6) is 5.75 Å². The van der Waals surface area contributed by atoms with Gasteiger partial charge in [-0.1, -0.05) is 23.7 Å². The molecule has 5 rings (SSSR count). The maximum Gasteiger partial charge on any atom is 0.240 e. The van der Waals surface area contributed by atoms with Crippen LogP contribution in [0.2, 0.25) is 5.02 Å². The van der Waals surface area contributed by atoms with E-state index in [0.29, 0.717) is 35.3 Å². The van der Waals surface area contributed by atoms with E-state index < -0.39 is 5.92 Å². The average Bonchev–Trinajstić information content (AvgIpc) is 3.21. The minimum atomic E-state index is -0.620. The largest absolute Gasteiger partial charge is 0.490 e. The number of nitrogens with zero attached hydrogens (tertiary/aromatic N) is 4. The third kappa shape index (κ3) is 5.10. The van der Waals surface area contributed by atoms with Gasteiger partial charge in [0.15, 0.2) is 0 Å². The van der Waals surface area contributed by atoms with Crippen molar-refractivity contribution < 1.29 is 14.3 Å². The number of ether oxygens (including phenoxy) is 1. The SMILES string of the molecule is CN(C)CC(=O)N(C)c1ccc(N=C(c2ccc3c(c2)OCCN3C)C2C(=O)Nc3cc(Cl)ccc32)cc1. The minimum absolute atomic E-state index is 0.0103. The molecule has 2 amide bonds. The number of hydrogen-bond acceptors (Lipinski definition) is 6. The van der Waals surface area contributed by atoms with Gasteiger partial charge >= 0.3 is 0 Å². The normalized spacial score (nSPS) is 16.6. The van der Waals surface area contributed by atoms with Crippen LogP contribution < -0.4 is 19.9 Å². The summed E-state index contributed by atoms with van der Waals surface area (Å²) < 4.78 is 5.95. The van der Waals surface area contributed by atoms with E-state index in [0.717, 1.165) is 34.8 Å². The zero-order valence-electron chi connectivity index (χ0n) is 21.9. The molecule has 1 unspecified atom stereocenters. The molecule has 3 aromatic rings. The maximum atomic E-state index is 13.3. The highest BCUT2D eigenvalue weighted by molar-refractivity contribution is 6.31. The van der Waals surface area contributed by atoms with Gasteiger partial charge in [-0.15, -0.1) is 0 Å². The van der Waals surface area contributed by atoms with E-state index in [1.807, 2.05) is 74.6 Å². The Hall–Kier alpha value is -3.88. The molecule has 0 fully saturated rings. The summed E-state index contributed by atoms with van der Waals surface area (Å²) in [6.07, 6.45) is 0. The zero-order chi connectivity index (χ0) is 27.0. The lowest BCUT2D eigenvalue weighted by Crippen LogP contribution is -2.34. The van der Waals surface area contributed by atoms with Crippen molar-refractivity contribution in [2.24, 2.45) is 4.99 Å². The van der Waals surface area contributed by atoms with Crippen molar-refractivity contribution in [3.8, 4) is 5.75 Å². The Morgan fingerprint density at radius 2 is 1.87 bits per heavy atom. The predicted octanol–water partition coefficient (Wildman–Crippen LogP) is 4.55. The first-order valence-corrected chi connectivity index (χ1v) is 12.8. The molecule has 1 N–H and O–H groups in total. The third-order valence-electron chi connectivity index (χ3n) is 6.78. The molecule has 1 atom stereocenters. The Labute approximate surface area is 227 Å². The van der Waals surface area contributed by atoms with Crippen molar-refractivity contribution in [1.29, 1.82) is 0 Å². The van der Waals surface area contributed by atoms with Gasteiger partial charge < -0.3 is 24.8 Å². The predicted molar refractivity (Wildman–Crippen MR) is 153 cm³/mol. The van der Waals surface area contributed by atoms with Crippen molar-refractivity contribution in [2.75, 3.05) is 63.0 Å². The van der Waals surface area contributed by atoms with Crippen LogP contribution in [0, 0.1) is 0 Å². The number of amides is 2. The molecular weight excluding hydrogens is 502 g/mol. The summed E-state index contributed by atoms with van der Waals surface area (Å²) in [4.78, 5) is 36.3. The highest BCUT2D eigenvalue weighted by Gasteiger charge is 2.36. The summed E-state index contributed by atoms with van der Waals surface area (Å²) in [5, 5.41) is 3.51. The third-order valence-corrected chi connectivity index (χ3v) is 7.02. The molecule has 3 aromatic carbocycles. The van der Waals surface area contributed by atoms with E-state index in [9.17, 15) is 9.59 Å². The molecule has 0 bridgehead atoms. The molecule has 2 heterocycles. The first kappa shape index (κ1) is 25.8. The van der Waals surface area contributed by atoms with Crippen molar-refractivity contribution in [1.82, 2.24) is 4.90 Å². The van der Waals surface area contributed by atoms with Crippen molar-refractivity contribution in [3.05, 3.63) is 76.8 Å². The van der Waals surface area contributed by atoms with Crippen LogP contribution >= 0.6 is 11.6 Å². The van der Waals surface area contributed by atoms with Gasteiger partial charge in [-0.2, -0.15) is 0 Å². The quantitative estimate of drug-likeness (QED) is 0.472. The van der Waals surface area contributed by atoms with Crippen LogP contribution in [0.1, 0.15) is 17.0 Å². The van der Waals surface area contributed by atoms with Gasteiger partial charge in [0.2, 0.25) is 11.8 Å². The topological polar surface area (TPSA) is 77.5 Å². The van der Waals surface area contributed by atoms with Crippen LogP contribution in [-0.4, -0.2) is 70.3 Å². The second-order valence-electron chi connectivity index (χ2n) is 9.81. The Morgan fingerprint density at radius 1 is 1.11 bits per heavy atom. The minimum Gasteiger partial charge on any atom is -0.490 e. The monoisotopic (exact) mass is 531 g/mol. The van der Waals surface area contributed by atoms with Gasteiger partial charge in [0.25, 0.3) is 0 Å². The number of carbonyl (C=O) groups is 2. The molecule has 38 heavy (non-hydrogen) atoms. The van der Waals surface area contributed by atoms with Crippen LogP contribution in [0.4, 0.5) is 22.7 Å². The number of anilines is 3. The van der Waals surface area contributed by atoms with Gasteiger partial charge in [-0.05, 0) is 68.2 Å². The maximum absolute atomic E-state index is 13.3. The Balaban J connectivity index is 1.56. The molecule has 0 radical (unpaired) electrons. The zero-order valence-corrected chi connectivity index (χ0v) is 22.6. The van der Waals surface area contributed by atoms with Crippen molar-refractivity contribution >= 4 is 51.9 Å². The number of nitrogens with one attached hydrogen (secondary N) is 1.